The Morgan fingerprint density at radius 1 is 1.06 bits per heavy atom. The first kappa shape index (κ1) is 24.1. The Labute approximate surface area is 193 Å². The second kappa shape index (κ2) is 11.3. The molecule has 33 heavy (non-hydrogen) atoms. The van der Waals surface area contributed by atoms with E-state index in [0.717, 1.165) is 24.2 Å². The van der Waals surface area contributed by atoms with E-state index >= 15 is 0 Å². The number of aryl methyl sites for hydroxylation is 1. The van der Waals surface area contributed by atoms with Gasteiger partial charge in [-0.2, -0.15) is 0 Å². The van der Waals surface area contributed by atoms with Gasteiger partial charge in [0, 0.05) is 69.7 Å². The number of hydrogen-bond acceptors (Lipinski definition) is 7. The van der Waals surface area contributed by atoms with E-state index in [4.69, 9.17) is 0 Å². The molecule has 0 atom stereocenters. The number of rotatable bonds is 9. The summed E-state index contributed by atoms with van der Waals surface area (Å²) in [5.74, 6) is -0.186. The third kappa shape index (κ3) is 6.47. The first-order valence-corrected chi connectivity index (χ1v) is 11.2. The molecule has 0 saturated carbocycles. The Balaban J connectivity index is 1.52. The first-order chi connectivity index (χ1) is 15.9. The van der Waals surface area contributed by atoms with Crippen LogP contribution in [0.15, 0.2) is 36.7 Å². The van der Waals surface area contributed by atoms with Crippen LogP contribution in [0.3, 0.4) is 0 Å². The zero-order valence-corrected chi connectivity index (χ0v) is 19.1. The SMILES string of the molecule is CCCCN(CCC(=O)N1CCN(c2ccc([N+](=O)[O-])cc2)CC1)C(=O)c1cnc(C)cn1. The van der Waals surface area contributed by atoms with Crippen molar-refractivity contribution in [1.29, 1.82) is 0 Å². The Morgan fingerprint density at radius 2 is 1.76 bits per heavy atom. The van der Waals surface area contributed by atoms with Gasteiger partial charge >= 0.3 is 0 Å². The maximum Gasteiger partial charge on any atom is 0.274 e. The Hall–Kier alpha value is -3.56. The number of hydrogen-bond donors (Lipinski definition) is 0. The molecule has 10 nitrogen and oxygen atoms in total. The summed E-state index contributed by atoms with van der Waals surface area (Å²) < 4.78 is 0. The molecule has 2 aromatic rings. The number of carbonyl (C=O) groups excluding carboxylic acids is 2. The quantitative estimate of drug-likeness (QED) is 0.423. The fraction of sp³-hybridized carbons (Fsp3) is 0.478. The third-order valence-electron chi connectivity index (χ3n) is 5.72. The Bertz CT molecular complexity index is 956. The molecule has 2 heterocycles. The summed E-state index contributed by atoms with van der Waals surface area (Å²) in [6, 6.07) is 6.46. The largest absolute Gasteiger partial charge is 0.368 e. The maximum atomic E-state index is 12.9. The average Bonchev–Trinajstić information content (AvgIpc) is 2.84. The number of nitro groups is 1. The van der Waals surface area contributed by atoms with Crippen LogP contribution in [0.25, 0.3) is 0 Å². The molecule has 0 bridgehead atoms. The second-order valence-corrected chi connectivity index (χ2v) is 8.08. The number of piperazine rings is 1. The van der Waals surface area contributed by atoms with E-state index in [1.807, 2.05) is 11.8 Å². The fourth-order valence-electron chi connectivity index (χ4n) is 3.72. The Morgan fingerprint density at radius 3 is 2.33 bits per heavy atom. The number of amides is 2. The highest BCUT2D eigenvalue weighted by Crippen LogP contribution is 2.21. The summed E-state index contributed by atoms with van der Waals surface area (Å²) in [6.07, 6.45) is 5.11. The lowest BCUT2D eigenvalue weighted by molar-refractivity contribution is -0.384. The molecule has 1 saturated heterocycles. The Kier molecular flexibility index (Phi) is 8.28. The molecule has 3 rings (SSSR count). The van der Waals surface area contributed by atoms with Crippen molar-refractivity contribution < 1.29 is 14.5 Å². The molecule has 0 radical (unpaired) electrons. The molecule has 0 spiro atoms. The highest BCUT2D eigenvalue weighted by Gasteiger charge is 2.24. The molecule has 10 heteroatoms. The van der Waals surface area contributed by atoms with Crippen LogP contribution >= 0.6 is 0 Å². The molecule has 0 N–H and O–H groups in total. The van der Waals surface area contributed by atoms with Crippen LogP contribution in [-0.2, 0) is 4.79 Å². The smallest absolute Gasteiger partial charge is 0.274 e. The van der Waals surface area contributed by atoms with Crippen molar-refractivity contribution in [1.82, 2.24) is 19.8 Å². The molecule has 1 aliphatic heterocycles. The van der Waals surface area contributed by atoms with Crippen LogP contribution in [-0.4, -0.2) is 75.8 Å². The van der Waals surface area contributed by atoms with Gasteiger partial charge in [0.05, 0.1) is 16.8 Å². The lowest BCUT2D eigenvalue weighted by Crippen LogP contribution is -2.49. The van der Waals surface area contributed by atoms with Gasteiger partial charge in [-0.25, -0.2) is 4.98 Å². The van der Waals surface area contributed by atoms with Gasteiger partial charge < -0.3 is 14.7 Å². The number of nitrogens with zero attached hydrogens (tertiary/aromatic N) is 6. The van der Waals surface area contributed by atoms with E-state index in [0.29, 0.717) is 45.0 Å². The molecule has 0 unspecified atom stereocenters. The molecule has 2 amide bonds. The lowest BCUT2D eigenvalue weighted by atomic mass is 10.2. The summed E-state index contributed by atoms with van der Waals surface area (Å²) in [5.41, 5.74) is 2.00. The molecule has 1 fully saturated rings. The van der Waals surface area contributed by atoms with Crippen molar-refractivity contribution in [3.8, 4) is 0 Å². The lowest BCUT2D eigenvalue weighted by Gasteiger charge is -2.36. The van der Waals surface area contributed by atoms with Crippen molar-refractivity contribution >= 4 is 23.2 Å². The molecule has 1 aliphatic rings. The predicted octanol–water partition coefficient (Wildman–Crippen LogP) is 2.67. The summed E-state index contributed by atoms with van der Waals surface area (Å²) in [7, 11) is 0. The minimum atomic E-state index is -0.416. The number of carbonyl (C=O) groups is 2. The van der Waals surface area contributed by atoms with Crippen LogP contribution in [0.4, 0.5) is 11.4 Å². The summed E-state index contributed by atoms with van der Waals surface area (Å²) in [6.45, 7) is 7.24. The number of anilines is 1. The maximum absolute atomic E-state index is 12.9. The average molecular weight is 455 g/mol. The molecule has 1 aromatic carbocycles. The minimum Gasteiger partial charge on any atom is -0.368 e. The highest BCUT2D eigenvalue weighted by molar-refractivity contribution is 5.92. The molecular weight excluding hydrogens is 424 g/mol. The van der Waals surface area contributed by atoms with E-state index in [2.05, 4.69) is 21.8 Å². The number of aromatic nitrogens is 2. The van der Waals surface area contributed by atoms with Crippen molar-refractivity contribution in [2.24, 2.45) is 0 Å². The molecular formula is C23H30N6O4. The highest BCUT2D eigenvalue weighted by atomic mass is 16.6. The predicted molar refractivity (Wildman–Crippen MR) is 124 cm³/mol. The zero-order chi connectivity index (χ0) is 23.8. The normalized spacial score (nSPS) is 13.6. The van der Waals surface area contributed by atoms with E-state index in [1.165, 1.54) is 18.3 Å². The van der Waals surface area contributed by atoms with Gasteiger partial charge in [-0.05, 0) is 25.5 Å². The molecule has 176 valence electrons. The summed E-state index contributed by atoms with van der Waals surface area (Å²) in [5, 5.41) is 10.8. The summed E-state index contributed by atoms with van der Waals surface area (Å²) >= 11 is 0. The van der Waals surface area contributed by atoms with Gasteiger partial charge in [0.15, 0.2) is 0 Å². The topological polar surface area (TPSA) is 113 Å². The van der Waals surface area contributed by atoms with Gasteiger partial charge in [0.25, 0.3) is 11.6 Å². The number of nitro benzene ring substituents is 1. The van der Waals surface area contributed by atoms with Crippen LogP contribution in [0.2, 0.25) is 0 Å². The van der Waals surface area contributed by atoms with Crippen LogP contribution in [0.1, 0.15) is 42.4 Å². The van der Waals surface area contributed by atoms with Gasteiger partial charge in [-0.1, -0.05) is 13.3 Å². The van der Waals surface area contributed by atoms with E-state index in [9.17, 15) is 19.7 Å². The standard InChI is InChI=1S/C23H30N6O4/c1-3-4-10-28(23(31)21-17-24-18(2)16-25-21)11-9-22(30)27-14-12-26(13-15-27)19-5-7-20(8-6-19)29(32)33/h5-8,16-17H,3-4,9-15H2,1-2H3. The number of non-ortho nitro benzene ring substituents is 1. The zero-order valence-electron chi connectivity index (χ0n) is 19.1. The fourth-order valence-corrected chi connectivity index (χ4v) is 3.72. The second-order valence-electron chi connectivity index (χ2n) is 8.08. The van der Waals surface area contributed by atoms with Gasteiger partial charge in [-0.15, -0.1) is 0 Å². The van der Waals surface area contributed by atoms with Crippen molar-refractivity contribution in [3.05, 3.63) is 58.2 Å². The first-order valence-electron chi connectivity index (χ1n) is 11.2. The number of unbranched alkanes of at least 4 members (excludes halogenated alkanes) is 1. The van der Waals surface area contributed by atoms with Crippen molar-refractivity contribution in [3.63, 3.8) is 0 Å². The van der Waals surface area contributed by atoms with E-state index < -0.39 is 4.92 Å². The summed E-state index contributed by atoms with van der Waals surface area (Å²) in [4.78, 5) is 50.0. The van der Waals surface area contributed by atoms with E-state index in [-0.39, 0.29) is 23.9 Å². The third-order valence-corrected chi connectivity index (χ3v) is 5.72. The molecule has 1 aromatic heterocycles. The molecule has 0 aliphatic carbocycles. The van der Waals surface area contributed by atoms with Crippen LogP contribution < -0.4 is 4.90 Å². The van der Waals surface area contributed by atoms with Crippen molar-refractivity contribution in [2.45, 2.75) is 33.1 Å². The van der Waals surface area contributed by atoms with Crippen LogP contribution in [0.5, 0.6) is 0 Å². The van der Waals surface area contributed by atoms with Crippen LogP contribution in [0, 0.1) is 17.0 Å². The minimum absolute atomic E-state index is 0.0163. The van der Waals surface area contributed by atoms with Crippen molar-refractivity contribution in [2.75, 3.05) is 44.2 Å². The number of benzene rings is 1. The monoisotopic (exact) mass is 454 g/mol. The van der Waals surface area contributed by atoms with E-state index in [1.54, 1.807) is 23.2 Å². The van der Waals surface area contributed by atoms with Gasteiger partial charge in [0.1, 0.15) is 5.69 Å². The van der Waals surface area contributed by atoms with Gasteiger partial charge in [-0.3, -0.25) is 24.7 Å². The van der Waals surface area contributed by atoms with Gasteiger partial charge in [0.2, 0.25) is 5.91 Å².